The van der Waals surface area contributed by atoms with Gasteiger partial charge in [0.1, 0.15) is 6.04 Å². The van der Waals surface area contributed by atoms with Gasteiger partial charge in [-0.25, -0.2) is 0 Å². The van der Waals surface area contributed by atoms with E-state index in [1.807, 2.05) is 0 Å². The molecule has 0 aliphatic carbocycles. The highest BCUT2D eigenvalue weighted by atomic mass is 32.0. The summed E-state index contributed by atoms with van der Waals surface area (Å²) in [5.74, 6) is -0.195. The van der Waals surface area contributed by atoms with Crippen molar-refractivity contribution >= 4 is 23.4 Å². The van der Waals surface area contributed by atoms with Crippen LogP contribution in [-0.2, 0) is 15.7 Å². The van der Waals surface area contributed by atoms with E-state index >= 15 is 0 Å². The molecule has 3 atom stereocenters. The van der Waals surface area contributed by atoms with E-state index < -0.39 is 0 Å². The molecule has 0 radical (unpaired) electrons. The molecule has 0 fully saturated rings. The number of nitrogens with one attached hydrogen (secondary N) is 1. The largest absolute Gasteiger partial charge is 0.443 e. The molecule has 3 unspecified atom stereocenters. The van der Waals surface area contributed by atoms with Crippen molar-refractivity contribution in [1.29, 1.82) is 0 Å². The van der Waals surface area contributed by atoms with Gasteiger partial charge < -0.3 is 9.84 Å². The first-order chi connectivity index (χ1) is 8.08. The zero-order chi connectivity index (χ0) is 12.8. The standard InChI is InChI=1S/C12H19NO2P2/c1-8-4-5-10(6-9(8)2)7-11(13-3)12(14)15-17-16/h4-6,11,13,17H,7,16H2,1-3H3. The highest BCUT2D eigenvalue weighted by Gasteiger charge is 2.18. The van der Waals surface area contributed by atoms with E-state index in [0.717, 1.165) is 5.56 Å². The summed E-state index contributed by atoms with van der Waals surface area (Å²) in [6, 6.07) is 5.99. The van der Waals surface area contributed by atoms with Crippen molar-refractivity contribution < 1.29 is 9.32 Å². The van der Waals surface area contributed by atoms with Crippen LogP contribution in [0.4, 0.5) is 0 Å². The lowest BCUT2D eigenvalue weighted by Crippen LogP contribution is -2.36. The first-order valence-corrected chi connectivity index (χ1v) is 8.20. The van der Waals surface area contributed by atoms with Gasteiger partial charge in [0.25, 0.3) is 0 Å². The van der Waals surface area contributed by atoms with Gasteiger partial charge in [0.2, 0.25) is 0 Å². The third-order valence-corrected chi connectivity index (χ3v) is 3.48. The molecule has 0 aliphatic rings. The van der Waals surface area contributed by atoms with Gasteiger partial charge in [-0.2, -0.15) is 0 Å². The Hall–Kier alpha value is -0.490. The lowest BCUT2D eigenvalue weighted by Gasteiger charge is -2.15. The zero-order valence-corrected chi connectivity index (χ0v) is 12.6. The van der Waals surface area contributed by atoms with Gasteiger partial charge in [-0.1, -0.05) is 27.1 Å². The second-order valence-corrected chi connectivity index (χ2v) is 5.15. The molecule has 0 aliphatic heterocycles. The molecule has 0 heterocycles. The summed E-state index contributed by atoms with van der Waals surface area (Å²) >= 11 is 0. The number of rotatable bonds is 5. The number of carbonyl (C=O) groups excluding carboxylic acids is 1. The van der Waals surface area contributed by atoms with E-state index in [1.165, 1.54) is 11.1 Å². The van der Waals surface area contributed by atoms with Gasteiger partial charge in [-0.15, -0.1) is 0 Å². The molecule has 0 bridgehead atoms. The maximum Gasteiger partial charge on any atom is 0.326 e. The van der Waals surface area contributed by atoms with Crippen molar-refractivity contribution in [2.75, 3.05) is 7.05 Å². The highest BCUT2D eigenvalue weighted by Crippen LogP contribution is 2.22. The predicted octanol–water partition coefficient (Wildman–Crippen LogP) is 2.36. The summed E-state index contributed by atoms with van der Waals surface area (Å²) in [6.07, 6.45) is 0.658. The molecule has 0 spiro atoms. The summed E-state index contributed by atoms with van der Waals surface area (Å²) in [4.78, 5) is 11.6. The van der Waals surface area contributed by atoms with E-state index in [2.05, 4.69) is 46.3 Å². The van der Waals surface area contributed by atoms with Crippen molar-refractivity contribution in [2.45, 2.75) is 26.3 Å². The summed E-state index contributed by atoms with van der Waals surface area (Å²) in [5.41, 5.74) is 3.67. The van der Waals surface area contributed by atoms with Gasteiger partial charge in [-0.3, -0.25) is 4.79 Å². The third kappa shape index (κ3) is 4.35. The molecular weight excluding hydrogens is 252 g/mol. The number of hydrogen-bond acceptors (Lipinski definition) is 3. The lowest BCUT2D eigenvalue weighted by molar-refractivity contribution is -0.135. The Labute approximate surface area is 107 Å². The van der Waals surface area contributed by atoms with Crippen LogP contribution in [0.2, 0.25) is 0 Å². The Balaban J connectivity index is 2.73. The zero-order valence-electron chi connectivity index (χ0n) is 10.4. The van der Waals surface area contributed by atoms with Crippen LogP contribution in [0, 0.1) is 13.8 Å². The van der Waals surface area contributed by atoms with Crippen molar-refractivity contribution in [3.63, 3.8) is 0 Å². The van der Waals surface area contributed by atoms with Crippen LogP contribution in [0.25, 0.3) is 0 Å². The van der Waals surface area contributed by atoms with Crippen LogP contribution in [0.15, 0.2) is 18.2 Å². The minimum Gasteiger partial charge on any atom is -0.443 e. The van der Waals surface area contributed by atoms with Crippen LogP contribution in [-0.4, -0.2) is 19.1 Å². The van der Waals surface area contributed by atoms with Gasteiger partial charge in [-0.05, 0) is 44.0 Å². The van der Waals surface area contributed by atoms with E-state index in [1.54, 1.807) is 7.05 Å². The lowest BCUT2D eigenvalue weighted by atomic mass is 10.0. The smallest absolute Gasteiger partial charge is 0.326 e. The maximum absolute atomic E-state index is 11.6. The minimum absolute atomic E-state index is 0.117. The molecule has 3 nitrogen and oxygen atoms in total. The average Bonchev–Trinajstić information content (AvgIpc) is 2.30. The number of likely N-dealkylation sites (N-methyl/N-ethyl adjacent to an activating group) is 1. The quantitative estimate of drug-likeness (QED) is 0.835. The fraction of sp³-hybridized carbons (Fsp3) is 0.417. The molecule has 94 valence electrons. The monoisotopic (exact) mass is 271 g/mol. The molecule has 1 aromatic carbocycles. The maximum atomic E-state index is 11.6. The summed E-state index contributed by atoms with van der Waals surface area (Å²) in [7, 11) is 4.30. The van der Waals surface area contributed by atoms with Gasteiger partial charge in [0.15, 0.2) is 0 Å². The van der Waals surface area contributed by atoms with Crippen LogP contribution < -0.4 is 5.32 Å². The molecule has 1 aromatic rings. The SMILES string of the molecule is CNC(Cc1ccc(C)c(C)c1)C(=O)OPP. The normalized spacial score (nSPS) is 12.9. The fourth-order valence-electron chi connectivity index (χ4n) is 1.60. The van der Waals surface area contributed by atoms with Crippen molar-refractivity contribution in [1.82, 2.24) is 5.32 Å². The average molecular weight is 271 g/mol. The van der Waals surface area contributed by atoms with E-state index in [-0.39, 0.29) is 20.5 Å². The first-order valence-electron chi connectivity index (χ1n) is 5.48. The number of benzene rings is 1. The van der Waals surface area contributed by atoms with E-state index in [4.69, 9.17) is 4.52 Å². The van der Waals surface area contributed by atoms with Crippen molar-refractivity contribution in [2.24, 2.45) is 0 Å². The molecule has 0 aromatic heterocycles. The van der Waals surface area contributed by atoms with Crippen LogP contribution in [0.1, 0.15) is 16.7 Å². The first kappa shape index (κ1) is 14.6. The number of hydrogen-bond donors (Lipinski definition) is 1. The third-order valence-electron chi connectivity index (χ3n) is 2.80. The van der Waals surface area contributed by atoms with Gasteiger partial charge in [0.05, 0.1) is 8.50 Å². The summed E-state index contributed by atoms with van der Waals surface area (Å²) < 4.78 is 5.01. The molecule has 0 saturated carbocycles. The molecule has 0 amide bonds. The molecule has 17 heavy (non-hydrogen) atoms. The fourth-order valence-corrected chi connectivity index (χ4v) is 2.21. The van der Waals surface area contributed by atoms with Crippen LogP contribution >= 0.6 is 17.4 Å². The Morgan fingerprint density at radius 1 is 1.47 bits per heavy atom. The van der Waals surface area contributed by atoms with E-state index in [9.17, 15) is 4.79 Å². The molecule has 0 saturated heterocycles. The van der Waals surface area contributed by atoms with Gasteiger partial charge >= 0.3 is 5.97 Å². The predicted molar refractivity (Wildman–Crippen MR) is 76.6 cm³/mol. The summed E-state index contributed by atoms with van der Waals surface area (Å²) in [5, 5.41) is 2.99. The van der Waals surface area contributed by atoms with Crippen LogP contribution in [0.3, 0.4) is 0 Å². The molecular formula is C12H19NO2P2. The summed E-state index contributed by atoms with van der Waals surface area (Å²) in [6.45, 7) is 4.16. The Bertz CT molecular complexity index is 396. The Kier molecular flexibility index (Phi) is 6.05. The topological polar surface area (TPSA) is 38.3 Å². The Morgan fingerprint density at radius 3 is 2.71 bits per heavy atom. The number of aryl methyl sites for hydroxylation is 2. The second-order valence-electron chi connectivity index (χ2n) is 4.00. The second kappa shape index (κ2) is 7.06. The van der Waals surface area contributed by atoms with E-state index in [0.29, 0.717) is 6.42 Å². The highest BCUT2D eigenvalue weighted by molar-refractivity contribution is 8.00. The molecule has 5 heteroatoms. The van der Waals surface area contributed by atoms with Crippen molar-refractivity contribution in [3.8, 4) is 0 Å². The number of carbonyl (C=O) groups is 1. The van der Waals surface area contributed by atoms with Crippen molar-refractivity contribution in [3.05, 3.63) is 34.9 Å². The minimum atomic E-state index is -0.273. The van der Waals surface area contributed by atoms with Gasteiger partial charge in [0, 0.05) is 0 Å². The van der Waals surface area contributed by atoms with Crippen LogP contribution in [0.5, 0.6) is 0 Å². The molecule has 1 rings (SSSR count). The Morgan fingerprint density at radius 2 is 2.18 bits per heavy atom. The molecule has 1 N–H and O–H groups in total.